The van der Waals surface area contributed by atoms with Crippen LogP contribution < -0.4 is 5.32 Å². The van der Waals surface area contributed by atoms with E-state index in [0.29, 0.717) is 5.75 Å². The molecule has 2 heterocycles. The van der Waals surface area contributed by atoms with Crippen molar-refractivity contribution >= 4 is 34.7 Å². The number of rotatable bonds is 8. The van der Waals surface area contributed by atoms with Gasteiger partial charge >= 0.3 is 0 Å². The summed E-state index contributed by atoms with van der Waals surface area (Å²) in [6, 6.07) is 8.21. The van der Waals surface area contributed by atoms with Gasteiger partial charge in [-0.1, -0.05) is 43.3 Å². The Bertz CT molecular complexity index is 961. The molecule has 0 aliphatic rings. The molecule has 0 bridgehead atoms. The number of aromatic nitrogens is 3. The molecule has 0 radical (unpaired) electrons. The zero-order chi connectivity index (χ0) is 20.1. The third-order valence-corrected chi connectivity index (χ3v) is 6.46. The van der Waals surface area contributed by atoms with Gasteiger partial charge in [0.1, 0.15) is 0 Å². The van der Waals surface area contributed by atoms with Crippen LogP contribution in [0.2, 0.25) is 0 Å². The molecular formula is C21H26N4OS2. The lowest BCUT2D eigenvalue weighted by Crippen LogP contribution is -2.15. The lowest BCUT2D eigenvalue weighted by Gasteiger charge is -2.10. The van der Waals surface area contributed by atoms with Crippen LogP contribution in [0.5, 0.6) is 0 Å². The van der Waals surface area contributed by atoms with E-state index in [1.165, 1.54) is 22.2 Å². The fourth-order valence-electron chi connectivity index (χ4n) is 2.99. The van der Waals surface area contributed by atoms with E-state index in [1.807, 2.05) is 26.0 Å². The van der Waals surface area contributed by atoms with E-state index in [4.69, 9.17) is 0 Å². The Morgan fingerprint density at radius 1 is 1.21 bits per heavy atom. The van der Waals surface area contributed by atoms with Crippen LogP contribution in [-0.4, -0.2) is 26.4 Å². The summed E-state index contributed by atoms with van der Waals surface area (Å²) in [5.74, 6) is 1.15. The topological polar surface area (TPSA) is 59.8 Å². The number of thiophene rings is 1. The standard InChI is InChI=1S/C21H26N4OS2/c1-5-9-25-20(16-11-17(6-2)27-12-16)23-24-21(25)28-13-19(26)22-18-8-7-14(3)10-15(18)4/h7-8,10-12H,5-6,9,13H2,1-4H3,(H,22,26). The summed E-state index contributed by atoms with van der Waals surface area (Å²) in [4.78, 5) is 13.8. The number of amides is 1. The van der Waals surface area contributed by atoms with E-state index >= 15 is 0 Å². The molecule has 5 nitrogen and oxygen atoms in total. The van der Waals surface area contributed by atoms with Crippen molar-refractivity contribution in [1.82, 2.24) is 14.8 Å². The first-order chi connectivity index (χ1) is 13.5. The van der Waals surface area contributed by atoms with Gasteiger partial charge in [-0.05, 0) is 44.4 Å². The highest BCUT2D eigenvalue weighted by molar-refractivity contribution is 7.99. The maximum atomic E-state index is 12.4. The molecule has 0 aliphatic carbocycles. The number of benzene rings is 1. The average Bonchev–Trinajstić information content (AvgIpc) is 3.29. The lowest BCUT2D eigenvalue weighted by molar-refractivity contribution is -0.113. The second-order valence-corrected chi connectivity index (χ2v) is 8.71. The monoisotopic (exact) mass is 414 g/mol. The SMILES string of the molecule is CCCn1c(SCC(=O)Nc2ccc(C)cc2C)nnc1-c1csc(CC)c1. The number of nitrogens with zero attached hydrogens (tertiary/aromatic N) is 3. The van der Waals surface area contributed by atoms with E-state index in [1.54, 1.807) is 11.3 Å². The number of anilines is 1. The highest BCUT2D eigenvalue weighted by atomic mass is 32.2. The van der Waals surface area contributed by atoms with Crippen LogP contribution in [0.15, 0.2) is 34.8 Å². The molecule has 0 fully saturated rings. The molecule has 0 aliphatic heterocycles. The predicted molar refractivity (Wildman–Crippen MR) is 118 cm³/mol. The molecule has 28 heavy (non-hydrogen) atoms. The third kappa shape index (κ3) is 4.83. The van der Waals surface area contributed by atoms with Crippen molar-refractivity contribution < 1.29 is 4.79 Å². The van der Waals surface area contributed by atoms with Crippen LogP contribution in [0.25, 0.3) is 11.4 Å². The summed E-state index contributed by atoms with van der Waals surface area (Å²) in [5, 5.41) is 14.7. The van der Waals surface area contributed by atoms with Gasteiger partial charge < -0.3 is 9.88 Å². The Labute approximate surface area is 174 Å². The normalized spacial score (nSPS) is 11.0. The molecule has 3 aromatic rings. The maximum Gasteiger partial charge on any atom is 0.234 e. The summed E-state index contributed by atoms with van der Waals surface area (Å²) in [7, 11) is 0. The Kier molecular flexibility index (Phi) is 6.91. The zero-order valence-corrected chi connectivity index (χ0v) is 18.4. The van der Waals surface area contributed by atoms with Gasteiger partial charge in [0.15, 0.2) is 11.0 Å². The molecule has 1 amide bonds. The number of carbonyl (C=O) groups is 1. The molecule has 0 saturated carbocycles. The van der Waals surface area contributed by atoms with E-state index in [2.05, 4.69) is 51.4 Å². The van der Waals surface area contributed by atoms with E-state index < -0.39 is 0 Å². The molecule has 148 valence electrons. The third-order valence-electron chi connectivity index (χ3n) is 4.41. The van der Waals surface area contributed by atoms with Crippen molar-refractivity contribution in [3.8, 4) is 11.4 Å². The minimum absolute atomic E-state index is 0.0339. The zero-order valence-electron chi connectivity index (χ0n) is 16.8. The molecule has 2 aromatic heterocycles. The molecular weight excluding hydrogens is 388 g/mol. The predicted octanol–water partition coefficient (Wildman–Crippen LogP) is 5.33. The van der Waals surface area contributed by atoms with Gasteiger partial charge in [-0.3, -0.25) is 4.79 Å². The van der Waals surface area contributed by atoms with Crippen molar-refractivity contribution in [2.75, 3.05) is 11.1 Å². The first-order valence-corrected chi connectivity index (χ1v) is 11.4. The molecule has 7 heteroatoms. The molecule has 0 spiro atoms. The number of thioether (sulfide) groups is 1. The summed E-state index contributed by atoms with van der Waals surface area (Å²) < 4.78 is 2.12. The first-order valence-electron chi connectivity index (χ1n) is 9.52. The van der Waals surface area contributed by atoms with Gasteiger partial charge in [-0.2, -0.15) is 0 Å². The quantitative estimate of drug-likeness (QED) is 0.506. The number of carbonyl (C=O) groups excluding carboxylic acids is 1. The summed E-state index contributed by atoms with van der Waals surface area (Å²) in [6.45, 7) is 9.17. The van der Waals surface area contributed by atoms with Crippen LogP contribution in [-0.2, 0) is 17.8 Å². The van der Waals surface area contributed by atoms with Gasteiger partial charge in [-0.25, -0.2) is 0 Å². The van der Waals surface area contributed by atoms with Crippen molar-refractivity contribution in [3.05, 3.63) is 45.6 Å². The second kappa shape index (κ2) is 9.39. The van der Waals surface area contributed by atoms with Gasteiger partial charge in [-0.15, -0.1) is 21.5 Å². The van der Waals surface area contributed by atoms with Gasteiger partial charge in [0, 0.05) is 28.1 Å². The van der Waals surface area contributed by atoms with E-state index in [9.17, 15) is 4.79 Å². The lowest BCUT2D eigenvalue weighted by atomic mass is 10.1. The van der Waals surface area contributed by atoms with Gasteiger partial charge in [0.05, 0.1) is 5.75 Å². The van der Waals surface area contributed by atoms with Crippen LogP contribution in [0.4, 0.5) is 5.69 Å². The number of aryl methyl sites for hydroxylation is 3. The number of hydrogen-bond acceptors (Lipinski definition) is 5. The second-order valence-electron chi connectivity index (χ2n) is 6.77. The van der Waals surface area contributed by atoms with Crippen LogP contribution >= 0.6 is 23.1 Å². The van der Waals surface area contributed by atoms with E-state index in [-0.39, 0.29) is 5.91 Å². The average molecular weight is 415 g/mol. The Morgan fingerprint density at radius 3 is 2.71 bits per heavy atom. The summed E-state index contributed by atoms with van der Waals surface area (Å²) >= 11 is 3.18. The Balaban J connectivity index is 1.70. The molecule has 1 aromatic carbocycles. The molecule has 0 unspecified atom stereocenters. The minimum atomic E-state index is -0.0339. The van der Waals surface area contributed by atoms with Crippen molar-refractivity contribution in [2.45, 2.75) is 52.2 Å². The molecule has 3 rings (SSSR count). The summed E-state index contributed by atoms with van der Waals surface area (Å²) in [6.07, 6.45) is 2.00. The van der Waals surface area contributed by atoms with E-state index in [0.717, 1.165) is 47.2 Å². The number of hydrogen-bond donors (Lipinski definition) is 1. The van der Waals surface area contributed by atoms with Crippen molar-refractivity contribution in [2.24, 2.45) is 0 Å². The molecule has 1 N–H and O–H groups in total. The maximum absolute atomic E-state index is 12.4. The van der Waals surface area contributed by atoms with Gasteiger partial charge in [0.2, 0.25) is 5.91 Å². The van der Waals surface area contributed by atoms with Crippen LogP contribution in [0, 0.1) is 13.8 Å². The number of nitrogens with one attached hydrogen (secondary N) is 1. The minimum Gasteiger partial charge on any atom is -0.325 e. The highest BCUT2D eigenvalue weighted by Crippen LogP contribution is 2.28. The fraction of sp³-hybridized carbons (Fsp3) is 0.381. The largest absolute Gasteiger partial charge is 0.325 e. The Morgan fingerprint density at radius 2 is 2.04 bits per heavy atom. The van der Waals surface area contributed by atoms with Crippen molar-refractivity contribution in [3.63, 3.8) is 0 Å². The molecule has 0 saturated heterocycles. The summed E-state index contributed by atoms with van der Waals surface area (Å²) in [5.41, 5.74) is 4.22. The Hall–Kier alpha value is -2.12. The first kappa shape index (κ1) is 20.6. The van der Waals surface area contributed by atoms with Crippen LogP contribution in [0.1, 0.15) is 36.3 Å². The molecule has 0 atom stereocenters. The smallest absolute Gasteiger partial charge is 0.234 e. The van der Waals surface area contributed by atoms with Crippen molar-refractivity contribution in [1.29, 1.82) is 0 Å². The van der Waals surface area contributed by atoms with Gasteiger partial charge in [0.25, 0.3) is 0 Å². The highest BCUT2D eigenvalue weighted by Gasteiger charge is 2.16. The fourth-order valence-corrected chi connectivity index (χ4v) is 4.57. The van der Waals surface area contributed by atoms with Crippen LogP contribution in [0.3, 0.4) is 0 Å².